The van der Waals surface area contributed by atoms with Crippen LogP contribution in [0.3, 0.4) is 0 Å². The number of hydrogen-bond acceptors (Lipinski definition) is 5. The van der Waals surface area contributed by atoms with Crippen molar-refractivity contribution in [3.63, 3.8) is 0 Å². The molecule has 3 rings (SSSR count). The number of carbonyl (C=O) groups excluding carboxylic acids is 1. The van der Waals surface area contributed by atoms with Crippen LogP contribution in [0.2, 0.25) is 0 Å². The van der Waals surface area contributed by atoms with E-state index in [1.54, 1.807) is 6.92 Å². The van der Waals surface area contributed by atoms with E-state index in [0.717, 1.165) is 27.9 Å². The maximum Gasteiger partial charge on any atom is 0.336 e. The van der Waals surface area contributed by atoms with E-state index >= 15 is 0 Å². The van der Waals surface area contributed by atoms with E-state index in [-0.39, 0.29) is 11.7 Å². The Labute approximate surface area is 156 Å². The van der Waals surface area contributed by atoms with Gasteiger partial charge >= 0.3 is 5.63 Å². The molecule has 140 valence electrons. The zero-order valence-corrected chi connectivity index (χ0v) is 15.3. The summed E-state index contributed by atoms with van der Waals surface area (Å²) in [5.41, 5.74) is 3.10. The minimum absolute atomic E-state index is 0.0341. The first-order valence-corrected chi connectivity index (χ1v) is 8.92. The van der Waals surface area contributed by atoms with Gasteiger partial charge in [-0.05, 0) is 47.9 Å². The van der Waals surface area contributed by atoms with Gasteiger partial charge in [-0.15, -0.1) is 0 Å². The molecule has 0 radical (unpaired) electrons. The number of nitrogens with one attached hydrogen (secondary N) is 2. The molecule has 0 fully saturated rings. The van der Waals surface area contributed by atoms with Gasteiger partial charge in [0.25, 0.3) is 0 Å². The molecule has 3 aromatic rings. The van der Waals surface area contributed by atoms with Crippen molar-refractivity contribution in [1.29, 1.82) is 0 Å². The van der Waals surface area contributed by atoms with E-state index in [2.05, 4.69) is 10.6 Å². The molecule has 0 bridgehead atoms. The van der Waals surface area contributed by atoms with E-state index < -0.39 is 5.63 Å². The van der Waals surface area contributed by atoms with Gasteiger partial charge in [0.2, 0.25) is 5.91 Å². The molecule has 0 atom stereocenters. The molecule has 0 saturated heterocycles. The van der Waals surface area contributed by atoms with Gasteiger partial charge in [-0.3, -0.25) is 4.79 Å². The van der Waals surface area contributed by atoms with E-state index in [9.17, 15) is 14.7 Å². The fraction of sp³-hybridized carbons (Fsp3) is 0.238. The Kier molecular flexibility index (Phi) is 5.45. The van der Waals surface area contributed by atoms with Crippen molar-refractivity contribution in [2.45, 2.75) is 33.2 Å². The molecule has 27 heavy (non-hydrogen) atoms. The van der Waals surface area contributed by atoms with Gasteiger partial charge in [-0.1, -0.05) is 13.8 Å². The highest BCUT2D eigenvalue weighted by Gasteiger charge is 2.10. The zero-order chi connectivity index (χ0) is 19.4. The quantitative estimate of drug-likeness (QED) is 0.573. The molecular weight excluding hydrogens is 344 g/mol. The van der Waals surface area contributed by atoms with Crippen molar-refractivity contribution in [3.8, 4) is 5.75 Å². The van der Waals surface area contributed by atoms with Crippen LogP contribution in [0.5, 0.6) is 5.75 Å². The molecule has 0 unspecified atom stereocenters. The van der Waals surface area contributed by atoms with Crippen LogP contribution in [-0.4, -0.2) is 11.0 Å². The highest BCUT2D eigenvalue weighted by atomic mass is 16.4. The number of phenolic OH excluding ortho intramolecular Hbond substituents is 1. The second-order valence-electron chi connectivity index (χ2n) is 6.25. The summed E-state index contributed by atoms with van der Waals surface area (Å²) in [5.74, 6) is 0.0937. The van der Waals surface area contributed by atoms with Crippen molar-refractivity contribution in [1.82, 2.24) is 0 Å². The van der Waals surface area contributed by atoms with Crippen molar-refractivity contribution < 1.29 is 14.3 Å². The van der Waals surface area contributed by atoms with Gasteiger partial charge in [0.15, 0.2) is 0 Å². The third-order valence-electron chi connectivity index (χ3n) is 4.38. The Hall–Kier alpha value is -3.28. The normalized spacial score (nSPS) is 10.7. The molecule has 1 aromatic heterocycles. The monoisotopic (exact) mass is 366 g/mol. The van der Waals surface area contributed by atoms with Gasteiger partial charge in [0.05, 0.1) is 0 Å². The number of phenols is 1. The van der Waals surface area contributed by atoms with Crippen LogP contribution in [0.25, 0.3) is 11.0 Å². The minimum atomic E-state index is -0.458. The van der Waals surface area contributed by atoms with Crippen molar-refractivity contribution >= 4 is 28.3 Å². The maximum absolute atomic E-state index is 11.8. The van der Waals surface area contributed by atoms with Crippen LogP contribution in [0.15, 0.2) is 51.7 Å². The molecule has 1 amide bonds. The lowest BCUT2D eigenvalue weighted by molar-refractivity contribution is -0.115. The van der Waals surface area contributed by atoms with Gasteiger partial charge < -0.3 is 20.2 Å². The first kappa shape index (κ1) is 18.5. The van der Waals surface area contributed by atoms with Gasteiger partial charge in [-0.25, -0.2) is 4.79 Å². The maximum atomic E-state index is 11.8. The van der Waals surface area contributed by atoms with Crippen LogP contribution < -0.4 is 16.3 Å². The second-order valence-corrected chi connectivity index (χ2v) is 6.25. The second kappa shape index (κ2) is 7.95. The third-order valence-corrected chi connectivity index (χ3v) is 4.38. The molecule has 3 N–H and O–H groups in total. The number of anilines is 2. The Balaban J connectivity index is 1.82. The highest BCUT2D eigenvalue weighted by Crippen LogP contribution is 2.27. The summed E-state index contributed by atoms with van der Waals surface area (Å²) in [6, 6.07) is 12.2. The van der Waals surface area contributed by atoms with Crippen molar-refractivity contribution in [3.05, 3.63) is 64.0 Å². The van der Waals surface area contributed by atoms with E-state index in [1.165, 1.54) is 12.1 Å². The molecule has 1 heterocycles. The molecule has 0 aliphatic heterocycles. The van der Waals surface area contributed by atoms with E-state index in [1.807, 2.05) is 37.3 Å². The predicted octanol–water partition coefficient (Wildman–Crippen LogP) is 4.02. The van der Waals surface area contributed by atoms with E-state index in [0.29, 0.717) is 25.0 Å². The fourth-order valence-electron chi connectivity index (χ4n) is 2.85. The predicted molar refractivity (Wildman–Crippen MR) is 106 cm³/mol. The lowest BCUT2D eigenvalue weighted by Gasteiger charge is -2.11. The van der Waals surface area contributed by atoms with Crippen molar-refractivity contribution in [2.75, 3.05) is 10.6 Å². The van der Waals surface area contributed by atoms with Crippen LogP contribution in [0, 0.1) is 0 Å². The van der Waals surface area contributed by atoms with E-state index in [4.69, 9.17) is 4.42 Å². The summed E-state index contributed by atoms with van der Waals surface area (Å²) in [5, 5.41) is 16.9. The summed E-state index contributed by atoms with van der Waals surface area (Å²) in [4.78, 5) is 23.3. The van der Waals surface area contributed by atoms with Crippen molar-refractivity contribution in [2.24, 2.45) is 0 Å². The van der Waals surface area contributed by atoms with Gasteiger partial charge in [0.1, 0.15) is 11.3 Å². The highest BCUT2D eigenvalue weighted by molar-refractivity contribution is 5.90. The summed E-state index contributed by atoms with van der Waals surface area (Å²) in [6.45, 7) is 4.18. The Morgan fingerprint density at radius 3 is 2.41 bits per heavy atom. The standard InChI is InChI=1S/C21H22N2O4/c1-3-13-9-17-14(10-21(26)27-19(17)11-18(13)24)12-22-15-5-7-16(8-6-15)23-20(25)4-2/h5-11,22,24H,3-4,12H2,1-2H3,(H,23,25). The minimum Gasteiger partial charge on any atom is -0.508 e. The molecule has 6 nitrogen and oxygen atoms in total. The first-order valence-electron chi connectivity index (χ1n) is 8.92. The first-order chi connectivity index (χ1) is 13.0. The number of aryl methyl sites for hydroxylation is 1. The fourth-order valence-corrected chi connectivity index (χ4v) is 2.85. The molecule has 0 spiro atoms. The SMILES string of the molecule is CCC(=O)Nc1ccc(NCc2cc(=O)oc3cc(O)c(CC)cc23)cc1. The smallest absolute Gasteiger partial charge is 0.336 e. The lowest BCUT2D eigenvalue weighted by Crippen LogP contribution is -2.09. The summed E-state index contributed by atoms with van der Waals surface area (Å²) >= 11 is 0. The van der Waals surface area contributed by atoms with Crippen LogP contribution >= 0.6 is 0 Å². The molecule has 0 saturated carbocycles. The van der Waals surface area contributed by atoms with Crippen LogP contribution in [0.1, 0.15) is 31.4 Å². The molecule has 0 aliphatic carbocycles. The topological polar surface area (TPSA) is 91.6 Å². The number of hydrogen-bond donors (Lipinski definition) is 3. The molecule has 6 heteroatoms. The molecule has 2 aromatic carbocycles. The largest absolute Gasteiger partial charge is 0.508 e. The number of fused-ring (bicyclic) bond motifs is 1. The Bertz CT molecular complexity index is 1020. The van der Waals surface area contributed by atoms with Gasteiger partial charge in [-0.2, -0.15) is 0 Å². The van der Waals surface area contributed by atoms with Crippen LogP contribution in [0.4, 0.5) is 11.4 Å². The third kappa shape index (κ3) is 4.28. The average molecular weight is 366 g/mol. The van der Waals surface area contributed by atoms with Crippen LogP contribution in [-0.2, 0) is 17.8 Å². The number of aromatic hydroxyl groups is 1. The number of rotatable bonds is 6. The zero-order valence-electron chi connectivity index (χ0n) is 15.3. The average Bonchev–Trinajstić information content (AvgIpc) is 2.66. The molecule has 0 aliphatic rings. The Morgan fingerprint density at radius 1 is 1.04 bits per heavy atom. The number of carbonyl (C=O) groups is 1. The summed E-state index contributed by atoms with van der Waals surface area (Å²) in [6.07, 6.45) is 1.11. The summed E-state index contributed by atoms with van der Waals surface area (Å²) < 4.78 is 5.21. The Morgan fingerprint density at radius 2 is 1.74 bits per heavy atom. The summed E-state index contributed by atoms with van der Waals surface area (Å²) in [7, 11) is 0. The lowest BCUT2D eigenvalue weighted by atomic mass is 10.0. The number of benzene rings is 2. The number of amides is 1. The molecular formula is C21H22N2O4. The van der Waals surface area contributed by atoms with Gasteiger partial charge in [0, 0.05) is 41.9 Å².